The smallest absolute Gasteiger partial charge is 0.321 e. The molecule has 1 fully saturated rings. The number of nitrogens with two attached hydrogens (primary N) is 1. The van der Waals surface area contributed by atoms with Crippen LogP contribution in [0.4, 0.5) is 27.7 Å². The first-order valence-corrected chi connectivity index (χ1v) is 10.4. The molecule has 4 rings (SSSR count). The van der Waals surface area contributed by atoms with Gasteiger partial charge in [0, 0.05) is 55.7 Å². The number of rotatable bonds is 7. The predicted molar refractivity (Wildman–Crippen MR) is 124 cm³/mol. The summed E-state index contributed by atoms with van der Waals surface area (Å²) in [4.78, 5) is 34.4. The molecule has 0 atom stereocenters. The first-order valence-electron chi connectivity index (χ1n) is 10.4. The lowest BCUT2D eigenvalue weighted by molar-refractivity contribution is 0.100. The maximum atomic E-state index is 12.3. The van der Waals surface area contributed by atoms with Gasteiger partial charge in [0.05, 0.1) is 11.3 Å². The number of nitrogens with one attached hydrogen (secondary N) is 3. The maximum Gasteiger partial charge on any atom is 0.321 e. The molecule has 3 aromatic rings. The molecule has 0 radical (unpaired) electrons. The molecule has 1 aromatic carbocycles. The minimum Gasteiger partial charge on any atom is -0.380 e. The van der Waals surface area contributed by atoms with Crippen LogP contribution in [0.25, 0.3) is 0 Å². The highest BCUT2D eigenvalue weighted by Crippen LogP contribution is 2.24. The van der Waals surface area contributed by atoms with Crippen LogP contribution in [-0.2, 0) is 6.54 Å². The Morgan fingerprint density at radius 2 is 1.84 bits per heavy atom. The summed E-state index contributed by atoms with van der Waals surface area (Å²) in [5.74, 6) is -0.0314. The molecule has 5 N–H and O–H groups in total. The molecular weight excluding hydrogens is 406 g/mol. The molecule has 0 saturated carbocycles. The summed E-state index contributed by atoms with van der Waals surface area (Å²) in [5, 5.41) is 9.36. The summed E-state index contributed by atoms with van der Waals surface area (Å²) < 4.78 is 0. The number of amides is 3. The predicted octanol–water partition coefficient (Wildman–Crippen LogP) is 3.56. The molecule has 32 heavy (non-hydrogen) atoms. The van der Waals surface area contributed by atoms with Gasteiger partial charge in [0.1, 0.15) is 5.82 Å². The molecule has 0 bridgehead atoms. The normalized spacial score (nSPS) is 12.9. The van der Waals surface area contributed by atoms with Crippen molar-refractivity contribution in [3.8, 4) is 0 Å². The molecule has 1 saturated heterocycles. The van der Waals surface area contributed by atoms with E-state index in [9.17, 15) is 9.59 Å². The van der Waals surface area contributed by atoms with Crippen LogP contribution in [0, 0.1) is 0 Å². The van der Waals surface area contributed by atoms with Crippen molar-refractivity contribution in [2.45, 2.75) is 19.4 Å². The van der Waals surface area contributed by atoms with Gasteiger partial charge in [-0.3, -0.25) is 9.78 Å². The standard InChI is InChI=1S/C23H25N7O2/c24-22(31)19-15-27-21(12-20(19)26-14-16-5-4-8-25-13-16)28-17-6-3-7-18(11-17)29-23(32)30-9-1-2-10-30/h3-8,11-13,15H,1-2,9-10,14H2,(H2,24,31)(H,29,32)(H2,26,27,28). The van der Waals surface area contributed by atoms with Gasteiger partial charge >= 0.3 is 6.03 Å². The average molecular weight is 432 g/mol. The molecule has 0 aliphatic carbocycles. The second-order valence-electron chi connectivity index (χ2n) is 7.52. The third kappa shape index (κ3) is 5.31. The SMILES string of the molecule is NC(=O)c1cnc(Nc2cccc(NC(=O)N3CCCC3)c2)cc1NCc1cccnc1. The number of carbonyl (C=O) groups excluding carboxylic acids is 2. The van der Waals surface area contributed by atoms with Crippen LogP contribution in [0.3, 0.4) is 0 Å². The number of carbonyl (C=O) groups is 2. The van der Waals surface area contributed by atoms with E-state index < -0.39 is 5.91 Å². The van der Waals surface area contributed by atoms with Crippen molar-refractivity contribution in [2.75, 3.05) is 29.0 Å². The van der Waals surface area contributed by atoms with E-state index in [1.165, 1.54) is 6.20 Å². The van der Waals surface area contributed by atoms with E-state index in [0.717, 1.165) is 37.2 Å². The number of pyridine rings is 2. The number of benzene rings is 1. The Labute approximate surface area is 186 Å². The van der Waals surface area contributed by atoms with Crippen molar-refractivity contribution in [3.05, 3.63) is 72.2 Å². The fraction of sp³-hybridized carbons (Fsp3) is 0.217. The lowest BCUT2D eigenvalue weighted by Gasteiger charge is -2.17. The Morgan fingerprint density at radius 1 is 1.03 bits per heavy atom. The maximum absolute atomic E-state index is 12.3. The quantitative estimate of drug-likeness (QED) is 0.453. The fourth-order valence-electron chi connectivity index (χ4n) is 3.51. The Bertz CT molecular complexity index is 1100. The van der Waals surface area contributed by atoms with Crippen molar-refractivity contribution in [2.24, 2.45) is 5.73 Å². The number of anilines is 4. The molecular formula is C23H25N7O2. The molecule has 0 spiro atoms. The highest BCUT2D eigenvalue weighted by Gasteiger charge is 2.18. The van der Waals surface area contributed by atoms with E-state index in [-0.39, 0.29) is 6.03 Å². The Balaban J connectivity index is 1.47. The van der Waals surface area contributed by atoms with Crippen molar-refractivity contribution >= 4 is 34.8 Å². The van der Waals surface area contributed by atoms with Gasteiger partial charge in [-0.15, -0.1) is 0 Å². The monoisotopic (exact) mass is 431 g/mol. The van der Waals surface area contributed by atoms with Gasteiger partial charge in [-0.25, -0.2) is 9.78 Å². The minimum atomic E-state index is -0.565. The largest absolute Gasteiger partial charge is 0.380 e. The van der Waals surface area contributed by atoms with Gasteiger partial charge in [-0.05, 0) is 42.7 Å². The second kappa shape index (κ2) is 9.78. The lowest BCUT2D eigenvalue weighted by atomic mass is 10.2. The molecule has 1 aliphatic rings. The van der Waals surface area contributed by atoms with Crippen LogP contribution in [0.15, 0.2) is 61.1 Å². The molecule has 164 valence electrons. The van der Waals surface area contributed by atoms with Crippen molar-refractivity contribution < 1.29 is 9.59 Å². The van der Waals surface area contributed by atoms with Crippen molar-refractivity contribution in [1.29, 1.82) is 0 Å². The number of urea groups is 1. The number of aromatic nitrogens is 2. The number of hydrogen-bond donors (Lipinski definition) is 4. The van der Waals surface area contributed by atoms with Crippen LogP contribution >= 0.6 is 0 Å². The zero-order valence-electron chi connectivity index (χ0n) is 17.5. The molecule has 9 nitrogen and oxygen atoms in total. The summed E-state index contributed by atoms with van der Waals surface area (Å²) in [6, 6.07) is 12.8. The van der Waals surface area contributed by atoms with E-state index in [0.29, 0.717) is 29.3 Å². The van der Waals surface area contributed by atoms with Crippen LogP contribution in [0.2, 0.25) is 0 Å². The minimum absolute atomic E-state index is 0.0922. The Kier molecular flexibility index (Phi) is 6.45. The highest BCUT2D eigenvalue weighted by molar-refractivity contribution is 5.98. The summed E-state index contributed by atoms with van der Waals surface area (Å²) in [6.45, 7) is 2.05. The number of nitrogens with zero attached hydrogens (tertiary/aromatic N) is 3. The van der Waals surface area contributed by atoms with Gasteiger partial charge in [0.15, 0.2) is 0 Å². The summed E-state index contributed by atoms with van der Waals surface area (Å²) in [7, 11) is 0. The zero-order chi connectivity index (χ0) is 22.3. The summed E-state index contributed by atoms with van der Waals surface area (Å²) >= 11 is 0. The molecule has 3 amide bonds. The van der Waals surface area contributed by atoms with E-state index in [4.69, 9.17) is 5.73 Å². The second-order valence-corrected chi connectivity index (χ2v) is 7.52. The topological polar surface area (TPSA) is 125 Å². The van der Waals surface area contributed by atoms with Gasteiger partial charge in [0.25, 0.3) is 5.91 Å². The first-order chi connectivity index (χ1) is 15.6. The Hall–Kier alpha value is -4.14. The van der Waals surface area contributed by atoms with Crippen molar-refractivity contribution in [1.82, 2.24) is 14.9 Å². The number of primary amides is 1. The molecule has 9 heteroatoms. The molecule has 1 aliphatic heterocycles. The van der Waals surface area contributed by atoms with Gasteiger partial charge < -0.3 is 26.6 Å². The van der Waals surface area contributed by atoms with E-state index in [1.54, 1.807) is 18.5 Å². The third-order valence-corrected chi connectivity index (χ3v) is 5.15. The number of likely N-dealkylation sites (tertiary alicyclic amines) is 1. The first kappa shape index (κ1) is 21.1. The lowest BCUT2D eigenvalue weighted by Crippen LogP contribution is -2.32. The third-order valence-electron chi connectivity index (χ3n) is 5.15. The molecule has 0 unspecified atom stereocenters. The van der Waals surface area contributed by atoms with E-state index in [1.807, 2.05) is 41.3 Å². The van der Waals surface area contributed by atoms with Crippen LogP contribution < -0.4 is 21.7 Å². The van der Waals surface area contributed by atoms with Crippen LogP contribution in [-0.4, -0.2) is 39.9 Å². The van der Waals surface area contributed by atoms with E-state index >= 15 is 0 Å². The summed E-state index contributed by atoms with van der Waals surface area (Å²) in [5.41, 5.74) is 8.78. The van der Waals surface area contributed by atoms with Crippen molar-refractivity contribution in [3.63, 3.8) is 0 Å². The zero-order valence-corrected chi connectivity index (χ0v) is 17.5. The summed E-state index contributed by atoms with van der Waals surface area (Å²) in [6.07, 6.45) is 6.97. The highest BCUT2D eigenvalue weighted by atomic mass is 16.2. The van der Waals surface area contributed by atoms with Crippen LogP contribution in [0.1, 0.15) is 28.8 Å². The van der Waals surface area contributed by atoms with Gasteiger partial charge in [-0.2, -0.15) is 0 Å². The average Bonchev–Trinajstić information content (AvgIpc) is 3.34. The number of hydrogen-bond acceptors (Lipinski definition) is 6. The fourth-order valence-corrected chi connectivity index (χ4v) is 3.51. The van der Waals surface area contributed by atoms with E-state index in [2.05, 4.69) is 25.9 Å². The Morgan fingerprint density at radius 3 is 2.59 bits per heavy atom. The van der Waals surface area contributed by atoms with Gasteiger partial charge in [-0.1, -0.05) is 12.1 Å². The van der Waals surface area contributed by atoms with Crippen LogP contribution in [0.5, 0.6) is 0 Å². The molecule has 2 aromatic heterocycles. The molecule has 3 heterocycles. The van der Waals surface area contributed by atoms with Gasteiger partial charge in [0.2, 0.25) is 0 Å².